The molecule has 0 saturated heterocycles. The summed E-state index contributed by atoms with van der Waals surface area (Å²) in [5, 5.41) is 13.5. The highest BCUT2D eigenvalue weighted by Crippen LogP contribution is 2.23. The van der Waals surface area contributed by atoms with Crippen molar-refractivity contribution in [1.29, 1.82) is 0 Å². The van der Waals surface area contributed by atoms with Crippen molar-refractivity contribution in [2.45, 2.75) is 51.8 Å². The molecule has 0 aliphatic heterocycles. The summed E-state index contributed by atoms with van der Waals surface area (Å²) in [4.78, 5) is 6.65. The smallest absolute Gasteiger partial charge is 0.133 e. The van der Waals surface area contributed by atoms with E-state index in [1.54, 1.807) is 0 Å². The van der Waals surface area contributed by atoms with E-state index in [9.17, 15) is 5.11 Å². The highest BCUT2D eigenvalue weighted by Gasteiger charge is 2.23. The molecule has 4 nitrogen and oxygen atoms in total. The number of aromatic nitrogens is 1. The van der Waals surface area contributed by atoms with Gasteiger partial charge in [0.25, 0.3) is 0 Å². The minimum absolute atomic E-state index is 0.594. The summed E-state index contributed by atoms with van der Waals surface area (Å²) in [7, 11) is 0. The van der Waals surface area contributed by atoms with Crippen LogP contribution in [0.5, 0.6) is 0 Å². The Kier molecular flexibility index (Phi) is 4.42. The lowest BCUT2D eigenvalue weighted by molar-refractivity contribution is 0.0874. The number of hydrogen-bond donors (Lipinski definition) is 2. The average Bonchev–Trinajstić information content (AvgIpc) is 3.17. The monoisotopic (exact) mass is 263 g/mol. The molecular weight excluding hydrogens is 238 g/mol. The Morgan fingerprint density at radius 2 is 2.21 bits per heavy atom. The van der Waals surface area contributed by atoms with E-state index in [-0.39, 0.29) is 0 Å². The van der Waals surface area contributed by atoms with Crippen molar-refractivity contribution in [3.63, 3.8) is 0 Å². The second-order valence-electron chi connectivity index (χ2n) is 5.97. The third kappa shape index (κ3) is 4.48. The number of rotatable bonds is 7. The highest BCUT2D eigenvalue weighted by atomic mass is 16.3. The third-order valence-electron chi connectivity index (χ3n) is 3.29. The first-order valence-electron chi connectivity index (χ1n) is 7.14. The third-order valence-corrected chi connectivity index (χ3v) is 3.29. The van der Waals surface area contributed by atoms with Crippen molar-refractivity contribution >= 4 is 5.82 Å². The van der Waals surface area contributed by atoms with Gasteiger partial charge in [0, 0.05) is 37.4 Å². The molecule has 1 saturated carbocycles. The van der Waals surface area contributed by atoms with E-state index in [1.165, 1.54) is 18.4 Å². The summed E-state index contributed by atoms with van der Waals surface area (Å²) in [5.74, 6) is 0.986. The fourth-order valence-electron chi connectivity index (χ4n) is 2.20. The highest BCUT2D eigenvalue weighted by molar-refractivity contribution is 5.47. The minimum Gasteiger partial charge on any atom is -0.389 e. The van der Waals surface area contributed by atoms with Crippen LogP contribution in [-0.2, 0) is 6.54 Å². The van der Waals surface area contributed by atoms with Gasteiger partial charge in [-0.1, -0.05) is 6.07 Å². The Morgan fingerprint density at radius 1 is 1.47 bits per heavy atom. The van der Waals surface area contributed by atoms with E-state index in [1.807, 2.05) is 26.1 Å². The molecule has 1 fully saturated rings. The second kappa shape index (κ2) is 5.88. The van der Waals surface area contributed by atoms with Gasteiger partial charge in [-0.3, -0.25) is 0 Å². The fourth-order valence-corrected chi connectivity index (χ4v) is 2.20. The van der Waals surface area contributed by atoms with E-state index < -0.39 is 5.60 Å². The number of pyridine rings is 1. The molecule has 1 aromatic rings. The Morgan fingerprint density at radius 3 is 2.79 bits per heavy atom. The van der Waals surface area contributed by atoms with Crippen molar-refractivity contribution < 1.29 is 5.11 Å². The molecule has 0 amide bonds. The SMILES string of the molecule is CCN(CC(C)(C)O)c1ncccc1CNC1CC1. The zero-order valence-corrected chi connectivity index (χ0v) is 12.2. The number of aliphatic hydroxyl groups is 1. The van der Waals surface area contributed by atoms with Gasteiger partial charge < -0.3 is 15.3 Å². The van der Waals surface area contributed by atoms with Gasteiger partial charge in [-0.15, -0.1) is 0 Å². The molecule has 0 atom stereocenters. The van der Waals surface area contributed by atoms with Gasteiger partial charge in [-0.2, -0.15) is 0 Å². The molecule has 0 unspecified atom stereocenters. The molecule has 1 heterocycles. The maximum absolute atomic E-state index is 10.0. The van der Waals surface area contributed by atoms with E-state index in [2.05, 4.69) is 28.2 Å². The quantitative estimate of drug-likeness (QED) is 0.789. The van der Waals surface area contributed by atoms with E-state index in [4.69, 9.17) is 0 Å². The summed E-state index contributed by atoms with van der Waals surface area (Å²) >= 11 is 0. The van der Waals surface area contributed by atoms with Crippen molar-refractivity contribution in [2.75, 3.05) is 18.0 Å². The van der Waals surface area contributed by atoms with E-state index in [0.29, 0.717) is 12.6 Å². The van der Waals surface area contributed by atoms with Crippen LogP contribution >= 0.6 is 0 Å². The van der Waals surface area contributed by atoms with Gasteiger partial charge >= 0.3 is 0 Å². The van der Waals surface area contributed by atoms with E-state index >= 15 is 0 Å². The molecule has 4 heteroatoms. The molecule has 1 aliphatic carbocycles. The minimum atomic E-state index is -0.714. The topological polar surface area (TPSA) is 48.4 Å². The number of nitrogens with one attached hydrogen (secondary N) is 1. The second-order valence-corrected chi connectivity index (χ2v) is 5.97. The van der Waals surface area contributed by atoms with Gasteiger partial charge in [0.1, 0.15) is 5.82 Å². The molecule has 0 bridgehead atoms. The molecule has 0 radical (unpaired) electrons. The molecule has 19 heavy (non-hydrogen) atoms. The molecule has 2 rings (SSSR count). The van der Waals surface area contributed by atoms with Crippen LogP contribution in [0.3, 0.4) is 0 Å². The maximum Gasteiger partial charge on any atom is 0.133 e. The molecule has 2 N–H and O–H groups in total. The number of anilines is 1. The standard InChI is InChI=1S/C15H25N3O/c1-4-18(11-15(2,3)19)14-12(6-5-9-16-14)10-17-13-7-8-13/h5-6,9,13,17,19H,4,7-8,10-11H2,1-3H3. The van der Waals surface area contributed by atoms with Crippen LogP contribution < -0.4 is 10.2 Å². The Hall–Kier alpha value is -1.13. The van der Waals surface area contributed by atoms with Crippen LogP contribution in [0.2, 0.25) is 0 Å². The first-order valence-corrected chi connectivity index (χ1v) is 7.14. The Labute approximate surface area is 115 Å². The normalized spacial score (nSPS) is 15.6. The zero-order chi connectivity index (χ0) is 13.9. The van der Waals surface area contributed by atoms with Crippen molar-refractivity contribution in [1.82, 2.24) is 10.3 Å². The van der Waals surface area contributed by atoms with Gasteiger partial charge in [-0.05, 0) is 39.7 Å². The lowest BCUT2D eigenvalue weighted by Gasteiger charge is -2.30. The fraction of sp³-hybridized carbons (Fsp3) is 0.667. The van der Waals surface area contributed by atoms with Crippen molar-refractivity contribution in [3.8, 4) is 0 Å². The summed E-state index contributed by atoms with van der Waals surface area (Å²) in [6, 6.07) is 4.79. The summed E-state index contributed by atoms with van der Waals surface area (Å²) in [5.41, 5.74) is 0.495. The predicted molar refractivity (Wildman–Crippen MR) is 78.3 cm³/mol. The molecule has 106 valence electrons. The molecule has 0 aromatic carbocycles. The van der Waals surface area contributed by atoms with E-state index in [0.717, 1.165) is 18.9 Å². The van der Waals surface area contributed by atoms with Crippen LogP contribution in [0.1, 0.15) is 39.2 Å². The first kappa shape index (κ1) is 14.3. The number of likely N-dealkylation sites (N-methyl/N-ethyl adjacent to an activating group) is 1. The van der Waals surface area contributed by atoms with Gasteiger partial charge in [0.15, 0.2) is 0 Å². The maximum atomic E-state index is 10.0. The summed E-state index contributed by atoms with van der Waals surface area (Å²) in [6.07, 6.45) is 4.40. The van der Waals surface area contributed by atoms with Crippen LogP contribution in [0.4, 0.5) is 5.82 Å². The average molecular weight is 263 g/mol. The largest absolute Gasteiger partial charge is 0.389 e. The van der Waals surface area contributed by atoms with Gasteiger partial charge in [0.05, 0.1) is 5.60 Å². The van der Waals surface area contributed by atoms with Crippen LogP contribution in [0.15, 0.2) is 18.3 Å². The predicted octanol–water partition coefficient (Wildman–Crippen LogP) is 1.93. The number of hydrogen-bond acceptors (Lipinski definition) is 4. The first-order chi connectivity index (χ1) is 8.99. The summed E-state index contributed by atoms with van der Waals surface area (Å²) in [6.45, 7) is 8.06. The Bertz CT molecular complexity index is 410. The van der Waals surface area contributed by atoms with Crippen molar-refractivity contribution in [3.05, 3.63) is 23.9 Å². The zero-order valence-electron chi connectivity index (χ0n) is 12.2. The van der Waals surface area contributed by atoms with Crippen molar-refractivity contribution in [2.24, 2.45) is 0 Å². The van der Waals surface area contributed by atoms with Crippen LogP contribution in [0, 0.1) is 0 Å². The lowest BCUT2D eigenvalue weighted by atomic mass is 10.1. The molecule has 0 spiro atoms. The number of nitrogens with zero attached hydrogens (tertiary/aromatic N) is 2. The van der Waals surface area contributed by atoms with Crippen LogP contribution in [0.25, 0.3) is 0 Å². The molecule has 1 aromatic heterocycles. The van der Waals surface area contributed by atoms with Gasteiger partial charge in [-0.25, -0.2) is 4.98 Å². The molecular formula is C15H25N3O. The van der Waals surface area contributed by atoms with Crippen LogP contribution in [-0.4, -0.2) is 34.8 Å². The lowest BCUT2D eigenvalue weighted by Crippen LogP contribution is -2.39. The van der Waals surface area contributed by atoms with Gasteiger partial charge in [0.2, 0.25) is 0 Å². The Balaban J connectivity index is 2.10. The molecule has 1 aliphatic rings. The summed E-state index contributed by atoms with van der Waals surface area (Å²) < 4.78 is 0.